The van der Waals surface area contributed by atoms with Crippen molar-refractivity contribution in [2.45, 2.75) is 75.9 Å². The number of carbonyl (C=O) groups is 2. The highest BCUT2D eigenvalue weighted by atomic mass is 16.2. The Hall–Kier alpha value is -1.32. The first-order chi connectivity index (χ1) is 9.64. The van der Waals surface area contributed by atoms with E-state index in [4.69, 9.17) is 0 Å². The van der Waals surface area contributed by atoms with Crippen molar-refractivity contribution in [1.82, 2.24) is 10.2 Å². The molecule has 2 amide bonds. The molecule has 2 fully saturated rings. The van der Waals surface area contributed by atoms with Gasteiger partial charge in [-0.3, -0.25) is 9.59 Å². The molecule has 1 saturated carbocycles. The fourth-order valence-corrected chi connectivity index (χ4v) is 3.95. The molecular formula is C16H24N2O2. The largest absolute Gasteiger partial charge is 0.340 e. The average Bonchev–Trinajstić information content (AvgIpc) is 2.48. The minimum Gasteiger partial charge on any atom is -0.340 e. The number of piperazine rings is 1. The quantitative estimate of drug-likeness (QED) is 0.746. The van der Waals surface area contributed by atoms with Crippen LogP contribution in [0.3, 0.4) is 0 Å². The Balaban J connectivity index is 1.88. The predicted molar refractivity (Wildman–Crippen MR) is 77.0 cm³/mol. The lowest BCUT2D eigenvalue weighted by atomic mass is 9.77. The van der Waals surface area contributed by atoms with Crippen molar-refractivity contribution >= 4 is 11.8 Å². The monoisotopic (exact) mass is 276 g/mol. The van der Waals surface area contributed by atoms with E-state index in [-0.39, 0.29) is 23.9 Å². The van der Waals surface area contributed by atoms with Gasteiger partial charge in [-0.15, -0.1) is 0 Å². The lowest BCUT2D eigenvalue weighted by molar-refractivity contribution is -0.159. The number of nitrogens with one attached hydrogen (secondary N) is 1. The van der Waals surface area contributed by atoms with Crippen molar-refractivity contribution in [2.75, 3.05) is 0 Å². The van der Waals surface area contributed by atoms with Gasteiger partial charge in [-0.05, 0) is 39.0 Å². The molecule has 1 N–H and O–H groups in total. The third-order valence-electron chi connectivity index (χ3n) is 5.14. The van der Waals surface area contributed by atoms with Crippen molar-refractivity contribution in [3.63, 3.8) is 0 Å². The highest BCUT2D eigenvalue weighted by molar-refractivity contribution is 5.99. The predicted octanol–water partition coefficient (Wildman–Crippen LogP) is 2.14. The van der Waals surface area contributed by atoms with Gasteiger partial charge in [0.2, 0.25) is 11.8 Å². The van der Waals surface area contributed by atoms with Gasteiger partial charge in [-0.2, -0.15) is 0 Å². The van der Waals surface area contributed by atoms with Crippen molar-refractivity contribution in [1.29, 1.82) is 0 Å². The van der Waals surface area contributed by atoms with Gasteiger partial charge in [0.1, 0.15) is 11.6 Å². The van der Waals surface area contributed by atoms with E-state index in [1.165, 1.54) is 6.42 Å². The third kappa shape index (κ3) is 2.15. The number of hydrogen-bond donors (Lipinski definition) is 1. The van der Waals surface area contributed by atoms with E-state index < -0.39 is 5.54 Å². The van der Waals surface area contributed by atoms with Crippen molar-refractivity contribution in [2.24, 2.45) is 0 Å². The lowest BCUT2D eigenvalue weighted by Crippen LogP contribution is -2.71. The fourth-order valence-electron chi connectivity index (χ4n) is 3.95. The molecule has 3 aliphatic rings. The summed E-state index contributed by atoms with van der Waals surface area (Å²) in [6.07, 6.45) is 12.1. The van der Waals surface area contributed by atoms with Gasteiger partial charge in [0, 0.05) is 6.04 Å². The summed E-state index contributed by atoms with van der Waals surface area (Å²) in [5, 5.41) is 3.05. The summed E-state index contributed by atoms with van der Waals surface area (Å²) in [7, 11) is 0. The summed E-state index contributed by atoms with van der Waals surface area (Å²) in [6.45, 7) is 1.86. The van der Waals surface area contributed by atoms with Gasteiger partial charge >= 0.3 is 0 Å². The molecule has 1 aliphatic heterocycles. The molecule has 0 aromatic heterocycles. The summed E-state index contributed by atoms with van der Waals surface area (Å²) in [4.78, 5) is 27.3. The first-order valence-electron chi connectivity index (χ1n) is 7.94. The number of hydrogen-bond acceptors (Lipinski definition) is 2. The number of rotatable bonds is 1. The highest BCUT2D eigenvalue weighted by Gasteiger charge is 2.51. The van der Waals surface area contributed by atoms with E-state index in [0.717, 1.165) is 44.9 Å². The first kappa shape index (κ1) is 13.7. The van der Waals surface area contributed by atoms with Crippen molar-refractivity contribution in [3.05, 3.63) is 12.2 Å². The molecule has 2 unspecified atom stereocenters. The first-order valence-corrected chi connectivity index (χ1v) is 7.94. The maximum atomic E-state index is 13.0. The van der Waals surface area contributed by atoms with Crippen LogP contribution in [0.2, 0.25) is 0 Å². The van der Waals surface area contributed by atoms with E-state index in [1.807, 2.05) is 11.8 Å². The van der Waals surface area contributed by atoms with E-state index in [9.17, 15) is 9.59 Å². The molecule has 1 saturated heterocycles. The normalized spacial score (nSPS) is 33.4. The highest BCUT2D eigenvalue weighted by Crippen LogP contribution is 2.35. The zero-order valence-corrected chi connectivity index (χ0v) is 12.2. The van der Waals surface area contributed by atoms with E-state index in [0.29, 0.717) is 0 Å². The topological polar surface area (TPSA) is 49.4 Å². The molecule has 1 heterocycles. The van der Waals surface area contributed by atoms with Crippen molar-refractivity contribution < 1.29 is 9.59 Å². The molecule has 2 aliphatic carbocycles. The molecule has 2 atom stereocenters. The minimum atomic E-state index is -0.594. The SMILES string of the molecule is CC1C(=O)NC2(CCCCC2)C(=O)N1C1CC=CCC1. The van der Waals surface area contributed by atoms with Gasteiger partial charge < -0.3 is 10.2 Å². The summed E-state index contributed by atoms with van der Waals surface area (Å²) >= 11 is 0. The number of allylic oxidation sites excluding steroid dienone is 1. The van der Waals surface area contributed by atoms with Crippen LogP contribution >= 0.6 is 0 Å². The van der Waals surface area contributed by atoms with Crippen LogP contribution in [0.25, 0.3) is 0 Å². The van der Waals surface area contributed by atoms with E-state index in [2.05, 4.69) is 17.5 Å². The second-order valence-electron chi connectivity index (χ2n) is 6.46. The van der Waals surface area contributed by atoms with E-state index >= 15 is 0 Å². The van der Waals surface area contributed by atoms with Gasteiger partial charge in [0.25, 0.3) is 0 Å². The molecule has 0 bridgehead atoms. The summed E-state index contributed by atoms with van der Waals surface area (Å²) in [5.74, 6) is 0.200. The Bertz CT molecular complexity index is 438. The Morgan fingerprint density at radius 3 is 2.60 bits per heavy atom. The second-order valence-corrected chi connectivity index (χ2v) is 6.46. The Morgan fingerprint density at radius 1 is 1.20 bits per heavy atom. The van der Waals surface area contributed by atoms with Crippen LogP contribution in [0, 0.1) is 0 Å². The Labute approximate surface area is 120 Å². The molecule has 20 heavy (non-hydrogen) atoms. The molecule has 4 nitrogen and oxygen atoms in total. The maximum absolute atomic E-state index is 13.0. The van der Waals surface area contributed by atoms with Crippen LogP contribution in [0.4, 0.5) is 0 Å². The number of nitrogens with zero attached hydrogens (tertiary/aromatic N) is 1. The van der Waals surface area contributed by atoms with Crippen LogP contribution in [-0.2, 0) is 9.59 Å². The van der Waals surface area contributed by atoms with Gasteiger partial charge in [-0.25, -0.2) is 0 Å². The number of carbonyl (C=O) groups excluding carboxylic acids is 2. The summed E-state index contributed by atoms with van der Waals surface area (Å²) in [5.41, 5.74) is -0.594. The molecule has 4 heteroatoms. The zero-order valence-electron chi connectivity index (χ0n) is 12.2. The summed E-state index contributed by atoms with van der Waals surface area (Å²) < 4.78 is 0. The number of amides is 2. The Morgan fingerprint density at radius 2 is 1.95 bits per heavy atom. The van der Waals surface area contributed by atoms with Crippen LogP contribution in [0.15, 0.2) is 12.2 Å². The molecule has 110 valence electrons. The van der Waals surface area contributed by atoms with E-state index in [1.54, 1.807) is 0 Å². The smallest absolute Gasteiger partial charge is 0.249 e. The van der Waals surface area contributed by atoms with Crippen molar-refractivity contribution in [3.8, 4) is 0 Å². The van der Waals surface area contributed by atoms with Crippen LogP contribution in [-0.4, -0.2) is 34.3 Å². The maximum Gasteiger partial charge on any atom is 0.249 e. The van der Waals surface area contributed by atoms with Gasteiger partial charge in [-0.1, -0.05) is 31.4 Å². The van der Waals surface area contributed by atoms with Gasteiger partial charge in [0.15, 0.2) is 0 Å². The fraction of sp³-hybridized carbons (Fsp3) is 0.750. The zero-order chi connectivity index (χ0) is 14.2. The lowest BCUT2D eigenvalue weighted by Gasteiger charge is -2.49. The van der Waals surface area contributed by atoms with Crippen LogP contribution in [0.5, 0.6) is 0 Å². The molecule has 0 aromatic carbocycles. The van der Waals surface area contributed by atoms with Crippen LogP contribution < -0.4 is 5.32 Å². The Kier molecular flexibility index (Phi) is 3.57. The molecule has 1 spiro atoms. The molecule has 3 rings (SSSR count). The summed E-state index contributed by atoms with van der Waals surface area (Å²) in [6, 6.07) is -0.126. The van der Waals surface area contributed by atoms with Gasteiger partial charge in [0.05, 0.1) is 0 Å². The molecular weight excluding hydrogens is 252 g/mol. The minimum absolute atomic E-state index is 0.0288. The standard InChI is InChI=1S/C16H24N2O2/c1-12-14(19)17-16(10-6-3-7-11-16)15(20)18(12)13-8-4-2-5-9-13/h2,4,12-13H,3,5-11H2,1H3,(H,17,19). The average molecular weight is 276 g/mol. The van der Waals surface area contributed by atoms with Crippen LogP contribution in [0.1, 0.15) is 58.3 Å². The molecule has 0 aromatic rings. The molecule has 0 radical (unpaired) electrons. The third-order valence-corrected chi connectivity index (χ3v) is 5.14. The second kappa shape index (κ2) is 5.23.